The number of thiazole rings is 1. The fraction of sp³-hybridized carbons (Fsp3) is 0.300. The number of anilines is 1. The zero-order valence-corrected chi connectivity index (χ0v) is 17.9. The summed E-state index contributed by atoms with van der Waals surface area (Å²) in [5.74, 6) is -0.585. The van der Waals surface area contributed by atoms with Crippen LogP contribution in [0.4, 0.5) is 9.52 Å². The van der Waals surface area contributed by atoms with Gasteiger partial charge in [-0.2, -0.15) is 0 Å². The van der Waals surface area contributed by atoms with Gasteiger partial charge in [0, 0.05) is 18.1 Å². The first-order valence-corrected chi connectivity index (χ1v) is 10.6. The Bertz CT molecular complexity index is 991. The lowest BCUT2D eigenvalue weighted by molar-refractivity contribution is 0.0984. The van der Waals surface area contributed by atoms with Crippen molar-refractivity contribution in [1.82, 2.24) is 9.88 Å². The predicted molar refractivity (Wildman–Crippen MR) is 116 cm³/mol. The molecule has 0 radical (unpaired) electrons. The Morgan fingerprint density at radius 3 is 2.54 bits per heavy atom. The number of halogens is 3. The fourth-order valence-electron chi connectivity index (χ4n) is 2.88. The summed E-state index contributed by atoms with van der Waals surface area (Å²) in [5.41, 5.74) is 1.01. The summed E-state index contributed by atoms with van der Waals surface area (Å²) in [5, 5.41) is 1.27. The average Bonchev–Trinajstić information content (AvgIpc) is 3.07. The van der Waals surface area contributed by atoms with E-state index in [1.54, 1.807) is 29.2 Å². The molecule has 0 unspecified atom stereocenters. The summed E-state index contributed by atoms with van der Waals surface area (Å²) in [6.45, 7) is 7.05. The Labute approximate surface area is 177 Å². The van der Waals surface area contributed by atoms with Crippen molar-refractivity contribution in [2.24, 2.45) is 0 Å². The lowest BCUT2D eigenvalue weighted by Gasteiger charge is -2.25. The molecule has 0 aliphatic heterocycles. The number of carbonyl (C=O) groups is 1. The van der Waals surface area contributed by atoms with Gasteiger partial charge >= 0.3 is 0 Å². The molecular formula is C20H20Cl2FN3OS. The Balaban J connectivity index is 1.98. The van der Waals surface area contributed by atoms with Crippen LogP contribution in [-0.4, -0.2) is 42.0 Å². The van der Waals surface area contributed by atoms with Crippen LogP contribution in [0.1, 0.15) is 24.2 Å². The van der Waals surface area contributed by atoms with E-state index in [4.69, 9.17) is 23.2 Å². The predicted octanol–water partition coefficient (Wildman–Crippen LogP) is 5.73. The number of rotatable bonds is 7. The third-order valence-electron chi connectivity index (χ3n) is 4.51. The first kappa shape index (κ1) is 21.0. The first-order valence-electron chi connectivity index (χ1n) is 8.98. The monoisotopic (exact) mass is 439 g/mol. The maximum atomic E-state index is 13.6. The van der Waals surface area contributed by atoms with Crippen LogP contribution >= 0.6 is 34.5 Å². The normalized spacial score (nSPS) is 11.4. The van der Waals surface area contributed by atoms with Gasteiger partial charge in [-0.25, -0.2) is 9.37 Å². The van der Waals surface area contributed by atoms with Crippen molar-refractivity contribution in [2.45, 2.75) is 13.8 Å². The molecule has 0 aliphatic rings. The highest BCUT2D eigenvalue weighted by Gasteiger charge is 2.24. The van der Waals surface area contributed by atoms with Crippen molar-refractivity contribution in [1.29, 1.82) is 0 Å². The molecule has 0 bridgehead atoms. The molecule has 28 heavy (non-hydrogen) atoms. The van der Waals surface area contributed by atoms with Gasteiger partial charge in [0.1, 0.15) is 5.82 Å². The zero-order chi connectivity index (χ0) is 20.3. The van der Waals surface area contributed by atoms with E-state index in [-0.39, 0.29) is 16.7 Å². The van der Waals surface area contributed by atoms with Crippen LogP contribution in [0.5, 0.6) is 0 Å². The van der Waals surface area contributed by atoms with Crippen molar-refractivity contribution in [3.05, 3.63) is 57.8 Å². The van der Waals surface area contributed by atoms with Gasteiger partial charge in [-0.1, -0.05) is 48.4 Å². The number of hydrogen-bond acceptors (Lipinski definition) is 4. The molecule has 4 nitrogen and oxygen atoms in total. The molecule has 3 aromatic rings. The smallest absolute Gasteiger partial charge is 0.261 e. The maximum Gasteiger partial charge on any atom is 0.261 e. The molecule has 0 spiro atoms. The van der Waals surface area contributed by atoms with E-state index in [0.717, 1.165) is 13.1 Å². The van der Waals surface area contributed by atoms with Crippen molar-refractivity contribution < 1.29 is 9.18 Å². The van der Waals surface area contributed by atoms with Crippen LogP contribution in [0, 0.1) is 5.82 Å². The van der Waals surface area contributed by atoms with E-state index in [9.17, 15) is 9.18 Å². The highest BCUT2D eigenvalue weighted by molar-refractivity contribution is 7.22. The summed E-state index contributed by atoms with van der Waals surface area (Å²) >= 11 is 13.5. The number of aromatic nitrogens is 1. The molecule has 0 atom stereocenters. The number of nitrogens with zero attached hydrogens (tertiary/aromatic N) is 3. The zero-order valence-electron chi connectivity index (χ0n) is 15.6. The number of likely N-dealkylation sites (N-methyl/N-ethyl adjacent to an activating group) is 1. The van der Waals surface area contributed by atoms with E-state index < -0.39 is 0 Å². The number of benzene rings is 2. The fourth-order valence-corrected chi connectivity index (χ4v) is 4.38. The van der Waals surface area contributed by atoms with Gasteiger partial charge in [-0.3, -0.25) is 9.69 Å². The van der Waals surface area contributed by atoms with Gasteiger partial charge in [0.25, 0.3) is 5.91 Å². The molecule has 1 amide bonds. The van der Waals surface area contributed by atoms with Crippen LogP contribution in [0.15, 0.2) is 36.4 Å². The molecular weight excluding hydrogens is 420 g/mol. The topological polar surface area (TPSA) is 36.4 Å². The number of fused-ring (bicyclic) bond motifs is 1. The van der Waals surface area contributed by atoms with Gasteiger partial charge in [0.05, 0.1) is 20.8 Å². The Hall–Kier alpha value is -1.73. The van der Waals surface area contributed by atoms with Gasteiger partial charge in [-0.05, 0) is 49.5 Å². The molecule has 148 valence electrons. The Kier molecular flexibility index (Phi) is 6.88. The van der Waals surface area contributed by atoms with Gasteiger partial charge < -0.3 is 4.90 Å². The lowest BCUT2D eigenvalue weighted by atomic mass is 10.2. The minimum Gasteiger partial charge on any atom is -0.302 e. The lowest BCUT2D eigenvalue weighted by Crippen LogP contribution is -2.39. The quantitative estimate of drug-likeness (QED) is 0.471. The molecule has 0 saturated carbocycles. The second-order valence-electron chi connectivity index (χ2n) is 6.22. The van der Waals surface area contributed by atoms with Crippen LogP contribution in [0.3, 0.4) is 0 Å². The molecule has 0 aliphatic carbocycles. The van der Waals surface area contributed by atoms with E-state index >= 15 is 0 Å². The molecule has 0 fully saturated rings. The highest BCUT2D eigenvalue weighted by Crippen LogP contribution is 2.31. The minimum absolute atomic E-state index is 0.256. The second kappa shape index (κ2) is 9.18. The van der Waals surface area contributed by atoms with Crippen LogP contribution in [-0.2, 0) is 0 Å². The van der Waals surface area contributed by atoms with Crippen molar-refractivity contribution >= 4 is 55.8 Å². The van der Waals surface area contributed by atoms with E-state index in [0.29, 0.717) is 39.0 Å². The molecule has 1 aromatic heterocycles. The number of amides is 1. The number of hydrogen-bond donors (Lipinski definition) is 0. The average molecular weight is 440 g/mol. The van der Waals surface area contributed by atoms with Crippen LogP contribution in [0.25, 0.3) is 10.2 Å². The minimum atomic E-state index is -0.329. The van der Waals surface area contributed by atoms with Gasteiger partial charge in [0.2, 0.25) is 0 Å². The van der Waals surface area contributed by atoms with Crippen LogP contribution < -0.4 is 4.90 Å². The standard InChI is InChI=1S/C20H20Cl2FN3OS/c1-3-25(4-2)9-10-26(19(27)15-7-5-13(21)11-16(15)22)20-24-17-8-6-14(23)12-18(17)28-20/h5-8,11-12H,3-4,9-10H2,1-2H3. The van der Waals surface area contributed by atoms with Crippen LogP contribution in [0.2, 0.25) is 10.0 Å². The molecule has 2 aromatic carbocycles. The van der Waals surface area contributed by atoms with Crippen molar-refractivity contribution in [3.8, 4) is 0 Å². The first-order chi connectivity index (χ1) is 13.4. The summed E-state index contributed by atoms with van der Waals surface area (Å²) in [6, 6.07) is 9.21. The Morgan fingerprint density at radius 2 is 1.86 bits per heavy atom. The number of carbonyl (C=O) groups excluding carboxylic acids is 1. The van der Waals surface area contributed by atoms with Crippen molar-refractivity contribution in [3.63, 3.8) is 0 Å². The van der Waals surface area contributed by atoms with Gasteiger partial charge in [0.15, 0.2) is 5.13 Å². The summed E-state index contributed by atoms with van der Waals surface area (Å²) < 4.78 is 14.3. The molecule has 3 rings (SSSR count). The molecule has 1 heterocycles. The maximum absolute atomic E-state index is 13.6. The van der Waals surface area contributed by atoms with E-state index in [1.165, 1.54) is 23.5 Å². The molecule has 0 saturated heterocycles. The Morgan fingerprint density at radius 1 is 1.11 bits per heavy atom. The van der Waals surface area contributed by atoms with Crippen molar-refractivity contribution in [2.75, 3.05) is 31.1 Å². The highest BCUT2D eigenvalue weighted by atomic mass is 35.5. The molecule has 8 heteroatoms. The third kappa shape index (κ3) is 4.63. The second-order valence-corrected chi connectivity index (χ2v) is 8.07. The van der Waals surface area contributed by atoms with E-state index in [1.807, 2.05) is 0 Å². The largest absolute Gasteiger partial charge is 0.302 e. The van der Waals surface area contributed by atoms with E-state index in [2.05, 4.69) is 23.7 Å². The summed E-state index contributed by atoms with van der Waals surface area (Å²) in [7, 11) is 0. The van der Waals surface area contributed by atoms with Gasteiger partial charge in [-0.15, -0.1) is 0 Å². The SMILES string of the molecule is CCN(CC)CCN(C(=O)c1ccc(Cl)cc1Cl)c1nc2ccc(F)cc2s1. The summed E-state index contributed by atoms with van der Waals surface area (Å²) in [6.07, 6.45) is 0. The third-order valence-corrected chi connectivity index (χ3v) is 6.10. The summed E-state index contributed by atoms with van der Waals surface area (Å²) in [4.78, 5) is 21.7. The molecule has 0 N–H and O–H groups in total.